The van der Waals surface area contributed by atoms with Crippen LogP contribution in [0.3, 0.4) is 0 Å². The van der Waals surface area contributed by atoms with Crippen molar-refractivity contribution < 1.29 is 14.6 Å². The van der Waals surface area contributed by atoms with Gasteiger partial charge >= 0.3 is 0 Å². The first-order chi connectivity index (χ1) is 10.1. The maximum atomic E-state index is 10.6. The summed E-state index contributed by atoms with van der Waals surface area (Å²) < 4.78 is 11.5. The van der Waals surface area contributed by atoms with Crippen LogP contribution in [0.15, 0.2) is 40.9 Å². The highest BCUT2D eigenvalue weighted by Crippen LogP contribution is 2.36. The summed E-state index contributed by atoms with van der Waals surface area (Å²) in [4.78, 5) is 0. The third-order valence-electron chi connectivity index (χ3n) is 3.07. The van der Waals surface area contributed by atoms with Gasteiger partial charge in [-0.3, -0.25) is 0 Å². The average Bonchev–Trinajstić information content (AvgIpc) is 2.47. The molecule has 0 saturated carbocycles. The van der Waals surface area contributed by atoms with Crippen LogP contribution in [-0.2, 0) is 0 Å². The number of hydrogen-bond acceptors (Lipinski definition) is 3. The van der Waals surface area contributed by atoms with Gasteiger partial charge < -0.3 is 14.6 Å². The van der Waals surface area contributed by atoms with Crippen LogP contribution >= 0.6 is 27.5 Å². The Morgan fingerprint density at radius 1 is 1.19 bits per heavy atom. The number of benzene rings is 2. The van der Waals surface area contributed by atoms with E-state index in [-0.39, 0.29) is 0 Å². The quantitative estimate of drug-likeness (QED) is 0.835. The van der Waals surface area contributed by atoms with Crippen molar-refractivity contribution in [3.05, 3.63) is 57.0 Å². The Bertz CT molecular complexity index is 631. The minimum Gasteiger partial charge on any atom is -0.496 e. The lowest BCUT2D eigenvalue weighted by Gasteiger charge is -2.17. The summed E-state index contributed by atoms with van der Waals surface area (Å²) in [6.07, 6.45) is -0.817. The predicted octanol–water partition coefficient (Wildman–Crippen LogP) is 4.59. The molecule has 21 heavy (non-hydrogen) atoms. The molecule has 0 heterocycles. The zero-order valence-electron chi connectivity index (χ0n) is 11.8. The molecule has 0 aliphatic rings. The number of ether oxygens (including phenoxy) is 2. The van der Waals surface area contributed by atoms with E-state index in [1.54, 1.807) is 25.3 Å². The molecule has 0 radical (unpaired) electrons. The van der Waals surface area contributed by atoms with Crippen molar-refractivity contribution in [2.45, 2.75) is 13.0 Å². The minimum atomic E-state index is -0.817. The fourth-order valence-corrected chi connectivity index (χ4v) is 2.80. The van der Waals surface area contributed by atoms with Gasteiger partial charge in [0.05, 0.1) is 13.7 Å². The summed E-state index contributed by atoms with van der Waals surface area (Å²) in [7, 11) is 1.55. The lowest BCUT2D eigenvalue weighted by molar-refractivity contribution is 0.214. The van der Waals surface area contributed by atoms with Gasteiger partial charge in [0.15, 0.2) is 0 Å². The van der Waals surface area contributed by atoms with Crippen molar-refractivity contribution in [3.63, 3.8) is 0 Å². The Kier molecular flexibility index (Phi) is 5.51. The second kappa shape index (κ2) is 7.16. The third kappa shape index (κ3) is 3.70. The Labute approximate surface area is 137 Å². The number of rotatable bonds is 5. The molecule has 112 valence electrons. The number of aliphatic hydroxyl groups is 1. The van der Waals surface area contributed by atoms with Gasteiger partial charge in [-0.2, -0.15) is 0 Å². The average molecular weight is 372 g/mol. The molecule has 1 N–H and O–H groups in total. The fourth-order valence-electron chi connectivity index (χ4n) is 2.06. The van der Waals surface area contributed by atoms with Crippen LogP contribution in [0.5, 0.6) is 11.5 Å². The summed E-state index contributed by atoms with van der Waals surface area (Å²) in [5.41, 5.74) is 1.39. The second-order valence-electron chi connectivity index (χ2n) is 4.41. The highest BCUT2D eigenvalue weighted by Gasteiger charge is 2.18. The van der Waals surface area contributed by atoms with Crippen molar-refractivity contribution in [2.75, 3.05) is 13.7 Å². The molecule has 0 aromatic heterocycles. The van der Waals surface area contributed by atoms with Crippen molar-refractivity contribution in [3.8, 4) is 11.5 Å². The Balaban J connectivity index is 2.38. The summed E-state index contributed by atoms with van der Waals surface area (Å²) in [6, 6.07) is 10.7. The van der Waals surface area contributed by atoms with E-state index in [4.69, 9.17) is 21.1 Å². The topological polar surface area (TPSA) is 38.7 Å². The molecule has 0 amide bonds. The Morgan fingerprint density at radius 2 is 1.90 bits per heavy atom. The van der Waals surface area contributed by atoms with Gasteiger partial charge in [0.25, 0.3) is 0 Å². The van der Waals surface area contributed by atoms with E-state index in [9.17, 15) is 5.11 Å². The van der Waals surface area contributed by atoms with Crippen LogP contribution in [0.1, 0.15) is 24.2 Å². The lowest BCUT2D eigenvalue weighted by atomic mass is 10.0. The van der Waals surface area contributed by atoms with Gasteiger partial charge in [-0.15, -0.1) is 0 Å². The summed E-state index contributed by atoms with van der Waals surface area (Å²) in [6.45, 7) is 2.52. The normalized spacial score (nSPS) is 12.0. The zero-order valence-corrected chi connectivity index (χ0v) is 14.1. The molecule has 0 spiro atoms. The molecule has 0 aliphatic heterocycles. The highest BCUT2D eigenvalue weighted by molar-refractivity contribution is 9.10. The predicted molar refractivity (Wildman–Crippen MR) is 87.4 cm³/mol. The highest BCUT2D eigenvalue weighted by atomic mass is 79.9. The smallest absolute Gasteiger partial charge is 0.126 e. The van der Waals surface area contributed by atoms with E-state index in [2.05, 4.69) is 15.9 Å². The summed E-state index contributed by atoms with van der Waals surface area (Å²) in [5, 5.41) is 11.2. The molecule has 1 unspecified atom stereocenters. The standard InChI is InChI=1S/C16H16BrClO3/c1-3-21-11-5-7-12(14(17)9-11)16(19)13-6-4-10(18)8-15(13)20-2/h4-9,16,19H,3H2,1-2H3. The molecule has 2 aromatic carbocycles. The van der Waals surface area contributed by atoms with E-state index in [1.165, 1.54) is 0 Å². The Morgan fingerprint density at radius 3 is 2.52 bits per heavy atom. The maximum absolute atomic E-state index is 10.6. The maximum Gasteiger partial charge on any atom is 0.126 e. The van der Waals surface area contributed by atoms with Crippen LogP contribution in [0.25, 0.3) is 0 Å². The van der Waals surface area contributed by atoms with Crippen LogP contribution in [0, 0.1) is 0 Å². The van der Waals surface area contributed by atoms with E-state index in [1.807, 2.05) is 25.1 Å². The largest absolute Gasteiger partial charge is 0.496 e. The van der Waals surface area contributed by atoms with E-state index in [0.29, 0.717) is 22.9 Å². The molecule has 1 atom stereocenters. The SMILES string of the molecule is CCOc1ccc(C(O)c2ccc(Cl)cc2OC)c(Br)c1. The van der Waals surface area contributed by atoms with E-state index in [0.717, 1.165) is 15.8 Å². The molecule has 2 rings (SSSR count). The van der Waals surface area contributed by atoms with Crippen molar-refractivity contribution in [1.82, 2.24) is 0 Å². The van der Waals surface area contributed by atoms with Gasteiger partial charge in [0.1, 0.15) is 17.6 Å². The summed E-state index contributed by atoms with van der Waals surface area (Å²) in [5.74, 6) is 1.30. The third-order valence-corrected chi connectivity index (χ3v) is 3.99. The number of methoxy groups -OCH3 is 1. The molecule has 0 aliphatic carbocycles. The van der Waals surface area contributed by atoms with Gasteiger partial charge in [0, 0.05) is 15.1 Å². The van der Waals surface area contributed by atoms with Crippen LogP contribution in [0.4, 0.5) is 0 Å². The van der Waals surface area contributed by atoms with Crippen molar-refractivity contribution in [1.29, 1.82) is 0 Å². The van der Waals surface area contributed by atoms with Crippen LogP contribution in [0.2, 0.25) is 5.02 Å². The first-order valence-electron chi connectivity index (χ1n) is 6.50. The molecular formula is C16H16BrClO3. The number of aliphatic hydroxyl groups excluding tert-OH is 1. The van der Waals surface area contributed by atoms with E-state index < -0.39 is 6.10 Å². The van der Waals surface area contributed by atoms with E-state index >= 15 is 0 Å². The molecule has 2 aromatic rings. The first kappa shape index (κ1) is 16.1. The van der Waals surface area contributed by atoms with Gasteiger partial charge in [0.2, 0.25) is 0 Å². The first-order valence-corrected chi connectivity index (χ1v) is 7.67. The number of hydrogen-bond donors (Lipinski definition) is 1. The van der Waals surface area contributed by atoms with Gasteiger partial charge in [-0.05, 0) is 36.8 Å². The molecular weight excluding hydrogens is 356 g/mol. The monoisotopic (exact) mass is 370 g/mol. The lowest BCUT2D eigenvalue weighted by Crippen LogP contribution is -2.04. The summed E-state index contributed by atoms with van der Waals surface area (Å²) >= 11 is 9.41. The van der Waals surface area contributed by atoms with Gasteiger partial charge in [-0.25, -0.2) is 0 Å². The molecule has 5 heteroatoms. The molecule has 0 saturated heterocycles. The van der Waals surface area contributed by atoms with Crippen LogP contribution in [-0.4, -0.2) is 18.8 Å². The zero-order chi connectivity index (χ0) is 15.4. The molecule has 3 nitrogen and oxygen atoms in total. The van der Waals surface area contributed by atoms with Crippen molar-refractivity contribution in [2.24, 2.45) is 0 Å². The molecule has 0 bridgehead atoms. The number of halogens is 2. The molecule has 0 fully saturated rings. The van der Waals surface area contributed by atoms with Gasteiger partial charge in [-0.1, -0.05) is 39.7 Å². The Hall–Kier alpha value is -1.23. The van der Waals surface area contributed by atoms with Crippen molar-refractivity contribution >= 4 is 27.5 Å². The minimum absolute atomic E-state index is 0.552. The fraction of sp³-hybridized carbons (Fsp3) is 0.250. The van der Waals surface area contributed by atoms with Crippen LogP contribution < -0.4 is 9.47 Å². The second-order valence-corrected chi connectivity index (χ2v) is 5.70.